The first kappa shape index (κ1) is 22.8. The van der Waals surface area contributed by atoms with Crippen LogP contribution >= 0.6 is 0 Å². The number of methoxy groups -OCH3 is 1. The number of ether oxygens (including phenoxy) is 2. The summed E-state index contributed by atoms with van der Waals surface area (Å²) in [6.45, 7) is 2.77. The van der Waals surface area contributed by atoms with Crippen LogP contribution < -0.4 is 15.4 Å². The second-order valence-corrected chi connectivity index (χ2v) is 6.71. The van der Waals surface area contributed by atoms with Crippen molar-refractivity contribution in [1.29, 1.82) is 0 Å². The molecule has 160 valence electrons. The zero-order valence-corrected chi connectivity index (χ0v) is 16.7. The Hall–Kier alpha value is -3.49. The van der Waals surface area contributed by atoms with Crippen LogP contribution in [0.15, 0.2) is 42.5 Å². The number of carbonyl (C=O) groups is 3. The quantitative estimate of drug-likeness (QED) is 0.641. The number of halogens is 2. The Labute approximate surface area is 172 Å². The summed E-state index contributed by atoms with van der Waals surface area (Å²) in [4.78, 5) is 36.7. The second kappa shape index (κ2) is 10.3. The number of esters is 1. The highest BCUT2D eigenvalue weighted by atomic mass is 19.2. The average Bonchev–Trinajstić information content (AvgIpc) is 2.72. The minimum atomic E-state index is -1.12. The molecule has 2 N–H and O–H groups in total. The van der Waals surface area contributed by atoms with Gasteiger partial charge in [-0.05, 0) is 42.3 Å². The van der Waals surface area contributed by atoms with E-state index < -0.39 is 42.1 Å². The lowest BCUT2D eigenvalue weighted by Crippen LogP contribution is -2.45. The third kappa shape index (κ3) is 6.26. The fourth-order valence-electron chi connectivity index (χ4n) is 2.46. The summed E-state index contributed by atoms with van der Waals surface area (Å²) in [6, 6.07) is 8.17. The molecule has 0 aromatic heterocycles. The van der Waals surface area contributed by atoms with E-state index in [1.54, 1.807) is 38.1 Å². The van der Waals surface area contributed by atoms with E-state index in [9.17, 15) is 23.2 Å². The highest BCUT2D eigenvalue weighted by Gasteiger charge is 2.27. The maximum Gasteiger partial charge on any atom is 0.329 e. The van der Waals surface area contributed by atoms with Gasteiger partial charge in [0.2, 0.25) is 0 Å². The summed E-state index contributed by atoms with van der Waals surface area (Å²) in [6.07, 6.45) is 0. The Morgan fingerprint density at radius 1 is 1.00 bits per heavy atom. The van der Waals surface area contributed by atoms with Crippen LogP contribution in [0.3, 0.4) is 0 Å². The van der Waals surface area contributed by atoms with E-state index in [0.29, 0.717) is 11.3 Å². The van der Waals surface area contributed by atoms with Gasteiger partial charge in [-0.2, -0.15) is 0 Å². The molecule has 0 radical (unpaired) electrons. The van der Waals surface area contributed by atoms with Crippen LogP contribution in [0.25, 0.3) is 0 Å². The number of hydrogen-bond donors (Lipinski definition) is 2. The number of amides is 2. The molecular formula is C21H22F2N2O5. The highest BCUT2D eigenvalue weighted by molar-refractivity contribution is 5.97. The van der Waals surface area contributed by atoms with Crippen molar-refractivity contribution >= 4 is 23.5 Å². The van der Waals surface area contributed by atoms with Gasteiger partial charge in [-0.15, -0.1) is 0 Å². The maximum absolute atomic E-state index is 13.2. The normalized spacial score (nSPS) is 11.5. The molecule has 9 heteroatoms. The van der Waals surface area contributed by atoms with Crippen LogP contribution in [0.2, 0.25) is 0 Å². The summed E-state index contributed by atoms with van der Waals surface area (Å²) >= 11 is 0. The van der Waals surface area contributed by atoms with Crippen LogP contribution in [0.5, 0.6) is 5.75 Å². The molecule has 2 aromatic rings. The molecule has 0 saturated heterocycles. The van der Waals surface area contributed by atoms with Gasteiger partial charge in [0, 0.05) is 17.3 Å². The first-order valence-electron chi connectivity index (χ1n) is 9.07. The molecule has 0 aliphatic heterocycles. The summed E-state index contributed by atoms with van der Waals surface area (Å²) < 4.78 is 36.1. The molecule has 30 heavy (non-hydrogen) atoms. The van der Waals surface area contributed by atoms with Crippen molar-refractivity contribution in [1.82, 2.24) is 5.32 Å². The van der Waals surface area contributed by atoms with Crippen LogP contribution in [0.1, 0.15) is 24.2 Å². The highest BCUT2D eigenvalue weighted by Crippen LogP contribution is 2.14. The lowest BCUT2D eigenvalue weighted by atomic mass is 10.0. The standard InChI is InChI=1S/C21H22F2N2O5/c1-12(2)19(25-20(27)13-4-7-15(29-3)8-5-13)21(28)30-11-18(26)24-14-6-9-16(22)17(23)10-14/h4-10,12,19H,11H2,1-3H3,(H,24,26)(H,25,27)/t19-/m0/s1. The Morgan fingerprint density at radius 2 is 1.67 bits per heavy atom. The van der Waals surface area contributed by atoms with Gasteiger partial charge in [-0.1, -0.05) is 13.8 Å². The molecule has 0 spiro atoms. The van der Waals surface area contributed by atoms with Gasteiger partial charge in [-0.25, -0.2) is 13.6 Å². The van der Waals surface area contributed by atoms with Crippen LogP contribution in [-0.4, -0.2) is 37.5 Å². The molecule has 2 amide bonds. The van der Waals surface area contributed by atoms with Gasteiger partial charge in [0.25, 0.3) is 11.8 Å². The molecule has 2 aromatic carbocycles. The molecule has 7 nitrogen and oxygen atoms in total. The molecule has 0 aliphatic carbocycles. The zero-order valence-electron chi connectivity index (χ0n) is 16.7. The van der Waals surface area contributed by atoms with Gasteiger partial charge in [0.1, 0.15) is 11.8 Å². The largest absolute Gasteiger partial charge is 0.497 e. The lowest BCUT2D eigenvalue weighted by Gasteiger charge is -2.21. The maximum atomic E-state index is 13.2. The predicted octanol–water partition coefficient (Wildman–Crippen LogP) is 2.91. The summed E-state index contributed by atoms with van der Waals surface area (Å²) in [7, 11) is 1.50. The smallest absolute Gasteiger partial charge is 0.329 e. The Balaban J connectivity index is 1.93. The minimum absolute atomic E-state index is 0.0168. The monoisotopic (exact) mass is 420 g/mol. The molecule has 0 saturated carbocycles. The molecule has 0 unspecified atom stereocenters. The van der Waals surface area contributed by atoms with E-state index in [0.717, 1.165) is 12.1 Å². The van der Waals surface area contributed by atoms with Gasteiger partial charge >= 0.3 is 5.97 Å². The van der Waals surface area contributed by atoms with Crippen LogP contribution in [-0.2, 0) is 14.3 Å². The van der Waals surface area contributed by atoms with Gasteiger partial charge in [-0.3, -0.25) is 9.59 Å². The van der Waals surface area contributed by atoms with Crippen molar-refractivity contribution < 1.29 is 32.6 Å². The third-order valence-corrected chi connectivity index (χ3v) is 4.11. The number of hydrogen-bond acceptors (Lipinski definition) is 5. The topological polar surface area (TPSA) is 93.7 Å². The van der Waals surface area contributed by atoms with E-state index >= 15 is 0 Å². The molecule has 2 rings (SSSR count). The van der Waals surface area contributed by atoms with Crippen molar-refractivity contribution in [3.8, 4) is 5.75 Å². The van der Waals surface area contributed by atoms with Crippen molar-refractivity contribution in [2.75, 3.05) is 19.0 Å². The van der Waals surface area contributed by atoms with Gasteiger partial charge < -0.3 is 20.1 Å². The van der Waals surface area contributed by atoms with Crippen molar-refractivity contribution in [3.63, 3.8) is 0 Å². The van der Waals surface area contributed by atoms with Crippen LogP contribution in [0, 0.1) is 17.6 Å². The number of benzene rings is 2. The summed E-state index contributed by atoms with van der Waals surface area (Å²) in [5, 5.41) is 4.87. The number of nitrogens with one attached hydrogen (secondary N) is 2. The fourth-order valence-corrected chi connectivity index (χ4v) is 2.46. The van der Waals surface area contributed by atoms with E-state index in [2.05, 4.69) is 10.6 Å². The first-order chi connectivity index (χ1) is 14.2. The Kier molecular flexibility index (Phi) is 7.85. The molecule has 1 atom stereocenters. The molecular weight excluding hydrogens is 398 g/mol. The van der Waals surface area contributed by atoms with E-state index in [-0.39, 0.29) is 11.6 Å². The Morgan fingerprint density at radius 3 is 2.23 bits per heavy atom. The molecule has 0 heterocycles. The van der Waals surface area contributed by atoms with E-state index in [1.165, 1.54) is 13.2 Å². The molecule has 0 bridgehead atoms. The third-order valence-electron chi connectivity index (χ3n) is 4.11. The second-order valence-electron chi connectivity index (χ2n) is 6.71. The summed E-state index contributed by atoms with van der Waals surface area (Å²) in [5.74, 6) is -3.92. The first-order valence-corrected chi connectivity index (χ1v) is 9.07. The van der Waals surface area contributed by atoms with Crippen molar-refractivity contribution in [3.05, 3.63) is 59.7 Å². The number of carbonyl (C=O) groups excluding carboxylic acids is 3. The lowest BCUT2D eigenvalue weighted by molar-refractivity contribution is -0.150. The predicted molar refractivity (Wildman–Crippen MR) is 105 cm³/mol. The van der Waals surface area contributed by atoms with Crippen molar-refractivity contribution in [2.24, 2.45) is 5.92 Å². The molecule has 0 fully saturated rings. The fraction of sp³-hybridized carbons (Fsp3) is 0.286. The average molecular weight is 420 g/mol. The van der Waals surface area contributed by atoms with E-state index in [1.807, 2.05) is 0 Å². The molecule has 0 aliphatic rings. The number of rotatable bonds is 8. The summed E-state index contributed by atoms with van der Waals surface area (Å²) in [5.41, 5.74) is 0.341. The van der Waals surface area contributed by atoms with Crippen molar-refractivity contribution in [2.45, 2.75) is 19.9 Å². The SMILES string of the molecule is COc1ccc(C(=O)N[C@H](C(=O)OCC(=O)Nc2ccc(F)c(F)c2)C(C)C)cc1. The zero-order chi connectivity index (χ0) is 22.3. The van der Waals surface area contributed by atoms with Gasteiger partial charge in [0.05, 0.1) is 7.11 Å². The van der Waals surface area contributed by atoms with E-state index in [4.69, 9.17) is 9.47 Å². The Bertz CT molecular complexity index is 916. The van der Waals surface area contributed by atoms with Crippen LogP contribution in [0.4, 0.5) is 14.5 Å². The van der Waals surface area contributed by atoms with Gasteiger partial charge in [0.15, 0.2) is 18.2 Å². The number of anilines is 1. The minimum Gasteiger partial charge on any atom is -0.497 e.